The van der Waals surface area contributed by atoms with Crippen LogP contribution in [-0.4, -0.2) is 0 Å². The fourth-order valence-corrected chi connectivity index (χ4v) is 1.03. The topological polar surface area (TPSA) is 0 Å². The van der Waals surface area contributed by atoms with E-state index in [1.807, 2.05) is 0 Å². The van der Waals surface area contributed by atoms with Crippen molar-refractivity contribution in [2.24, 2.45) is 0 Å². The molecule has 0 heteroatoms. The molecule has 44 valence electrons. The third kappa shape index (κ3) is 1.00. The van der Waals surface area contributed by atoms with Crippen LogP contribution < -0.4 is 0 Å². The molecule has 0 aromatic carbocycles. The Hall–Kier alpha value is -0.520. The molecule has 0 N–H and O–H groups in total. The van der Waals surface area contributed by atoms with Gasteiger partial charge < -0.3 is 0 Å². The SMILES string of the molecule is C/C=C1/C=C(C)CC1. The number of allylic oxidation sites excluding steroid dienone is 4. The highest BCUT2D eigenvalue weighted by Crippen LogP contribution is 2.21. The van der Waals surface area contributed by atoms with Crippen LogP contribution in [0.4, 0.5) is 0 Å². The average Bonchev–Trinajstić information content (AvgIpc) is 2.14. The molecule has 0 spiro atoms. The second-order valence-electron chi connectivity index (χ2n) is 2.35. The van der Waals surface area contributed by atoms with Crippen molar-refractivity contribution in [1.82, 2.24) is 0 Å². The van der Waals surface area contributed by atoms with E-state index in [1.54, 1.807) is 0 Å². The van der Waals surface area contributed by atoms with Gasteiger partial charge in [-0.05, 0) is 26.7 Å². The highest BCUT2D eigenvalue weighted by Gasteiger charge is 2.01. The molecule has 0 amide bonds. The van der Waals surface area contributed by atoms with Crippen LogP contribution in [0.1, 0.15) is 26.7 Å². The smallest absolute Gasteiger partial charge is 0.0245 e. The molecule has 1 aliphatic carbocycles. The molecular formula is C8H12. The van der Waals surface area contributed by atoms with Crippen LogP contribution in [0, 0.1) is 0 Å². The van der Waals surface area contributed by atoms with E-state index < -0.39 is 0 Å². The Morgan fingerprint density at radius 1 is 1.50 bits per heavy atom. The first-order chi connectivity index (χ1) is 3.83. The Balaban J connectivity index is 2.67. The summed E-state index contributed by atoms with van der Waals surface area (Å²) in [5.74, 6) is 0. The van der Waals surface area contributed by atoms with Gasteiger partial charge in [-0.1, -0.05) is 23.3 Å². The molecule has 0 radical (unpaired) electrons. The van der Waals surface area contributed by atoms with Gasteiger partial charge in [0.1, 0.15) is 0 Å². The van der Waals surface area contributed by atoms with Crippen molar-refractivity contribution in [3.8, 4) is 0 Å². The summed E-state index contributed by atoms with van der Waals surface area (Å²) >= 11 is 0. The van der Waals surface area contributed by atoms with Crippen molar-refractivity contribution in [2.45, 2.75) is 26.7 Å². The van der Waals surface area contributed by atoms with E-state index in [-0.39, 0.29) is 0 Å². The van der Waals surface area contributed by atoms with Gasteiger partial charge in [-0.15, -0.1) is 0 Å². The van der Waals surface area contributed by atoms with Crippen LogP contribution in [0.2, 0.25) is 0 Å². The molecule has 8 heavy (non-hydrogen) atoms. The molecule has 0 aliphatic heterocycles. The van der Waals surface area contributed by atoms with E-state index in [1.165, 1.54) is 24.0 Å². The van der Waals surface area contributed by atoms with Crippen molar-refractivity contribution in [3.63, 3.8) is 0 Å². The highest BCUT2D eigenvalue weighted by molar-refractivity contribution is 5.28. The maximum Gasteiger partial charge on any atom is -0.0245 e. The van der Waals surface area contributed by atoms with E-state index in [4.69, 9.17) is 0 Å². The zero-order valence-corrected chi connectivity index (χ0v) is 5.57. The average molecular weight is 108 g/mol. The van der Waals surface area contributed by atoms with Gasteiger partial charge in [0.2, 0.25) is 0 Å². The number of hydrogen-bond donors (Lipinski definition) is 0. The minimum Gasteiger partial charge on any atom is -0.0844 e. The molecule has 0 saturated heterocycles. The quantitative estimate of drug-likeness (QED) is 0.447. The lowest BCUT2D eigenvalue weighted by Gasteiger charge is -1.84. The van der Waals surface area contributed by atoms with Crippen LogP contribution >= 0.6 is 0 Å². The second kappa shape index (κ2) is 2.17. The van der Waals surface area contributed by atoms with Crippen molar-refractivity contribution >= 4 is 0 Å². The summed E-state index contributed by atoms with van der Waals surface area (Å²) in [4.78, 5) is 0. The number of hydrogen-bond acceptors (Lipinski definition) is 0. The fraction of sp³-hybridized carbons (Fsp3) is 0.500. The zero-order valence-electron chi connectivity index (χ0n) is 5.57. The van der Waals surface area contributed by atoms with Crippen molar-refractivity contribution < 1.29 is 0 Å². The lowest BCUT2D eigenvalue weighted by Crippen LogP contribution is -1.64. The summed E-state index contributed by atoms with van der Waals surface area (Å²) in [5.41, 5.74) is 3.03. The summed E-state index contributed by atoms with van der Waals surface area (Å²) in [6.45, 7) is 4.29. The van der Waals surface area contributed by atoms with Gasteiger partial charge in [-0.2, -0.15) is 0 Å². The van der Waals surface area contributed by atoms with Gasteiger partial charge >= 0.3 is 0 Å². The summed E-state index contributed by atoms with van der Waals surface area (Å²) < 4.78 is 0. The summed E-state index contributed by atoms with van der Waals surface area (Å²) in [7, 11) is 0. The first-order valence-corrected chi connectivity index (χ1v) is 3.15. The lowest BCUT2D eigenvalue weighted by atomic mass is 10.2. The predicted molar refractivity (Wildman–Crippen MR) is 36.7 cm³/mol. The van der Waals surface area contributed by atoms with Gasteiger partial charge in [0.25, 0.3) is 0 Å². The Labute approximate surface area is 50.9 Å². The molecule has 0 atom stereocenters. The van der Waals surface area contributed by atoms with Crippen LogP contribution in [0.3, 0.4) is 0 Å². The molecule has 1 aliphatic rings. The Bertz CT molecular complexity index is 138. The number of rotatable bonds is 0. The molecule has 0 aromatic rings. The van der Waals surface area contributed by atoms with Gasteiger partial charge in [0, 0.05) is 0 Å². The molecule has 0 heterocycles. The van der Waals surface area contributed by atoms with E-state index >= 15 is 0 Å². The summed E-state index contributed by atoms with van der Waals surface area (Å²) in [5, 5.41) is 0. The lowest BCUT2D eigenvalue weighted by molar-refractivity contribution is 1.01. The van der Waals surface area contributed by atoms with Gasteiger partial charge in [0.05, 0.1) is 0 Å². The zero-order chi connectivity index (χ0) is 5.98. The normalized spacial score (nSPS) is 24.2. The van der Waals surface area contributed by atoms with E-state index in [0.29, 0.717) is 0 Å². The Morgan fingerprint density at radius 2 is 2.25 bits per heavy atom. The molecule has 0 saturated carbocycles. The van der Waals surface area contributed by atoms with Crippen molar-refractivity contribution in [3.05, 3.63) is 23.3 Å². The van der Waals surface area contributed by atoms with Gasteiger partial charge in [-0.25, -0.2) is 0 Å². The summed E-state index contributed by atoms with van der Waals surface area (Å²) in [6, 6.07) is 0. The molecule has 0 aromatic heterocycles. The molecule has 0 fully saturated rings. The van der Waals surface area contributed by atoms with Crippen LogP contribution in [-0.2, 0) is 0 Å². The predicted octanol–water partition coefficient (Wildman–Crippen LogP) is 2.67. The largest absolute Gasteiger partial charge is 0.0844 e. The molecule has 0 unspecified atom stereocenters. The molecule has 0 bridgehead atoms. The maximum absolute atomic E-state index is 2.28. The minimum atomic E-state index is 1.27. The van der Waals surface area contributed by atoms with Crippen molar-refractivity contribution in [1.29, 1.82) is 0 Å². The molecule has 1 rings (SSSR count). The Kier molecular flexibility index (Phi) is 1.52. The Morgan fingerprint density at radius 3 is 2.50 bits per heavy atom. The first kappa shape index (κ1) is 5.61. The van der Waals surface area contributed by atoms with Crippen molar-refractivity contribution in [2.75, 3.05) is 0 Å². The van der Waals surface area contributed by atoms with Crippen LogP contribution in [0.5, 0.6) is 0 Å². The molecular weight excluding hydrogens is 96.1 g/mol. The molecule has 0 nitrogen and oxygen atoms in total. The second-order valence-corrected chi connectivity index (χ2v) is 2.35. The fourth-order valence-electron chi connectivity index (χ4n) is 1.03. The monoisotopic (exact) mass is 108 g/mol. The third-order valence-electron chi connectivity index (χ3n) is 1.61. The first-order valence-electron chi connectivity index (χ1n) is 3.15. The van der Waals surface area contributed by atoms with Crippen LogP contribution in [0.25, 0.3) is 0 Å². The van der Waals surface area contributed by atoms with Gasteiger partial charge in [-0.3, -0.25) is 0 Å². The maximum atomic E-state index is 2.28. The van der Waals surface area contributed by atoms with Gasteiger partial charge in [0.15, 0.2) is 0 Å². The highest BCUT2D eigenvalue weighted by atomic mass is 14.1. The third-order valence-corrected chi connectivity index (χ3v) is 1.61. The van der Waals surface area contributed by atoms with E-state index in [2.05, 4.69) is 26.0 Å². The van der Waals surface area contributed by atoms with Crippen LogP contribution in [0.15, 0.2) is 23.3 Å². The van der Waals surface area contributed by atoms with E-state index in [0.717, 1.165) is 0 Å². The summed E-state index contributed by atoms with van der Waals surface area (Å²) in [6.07, 6.45) is 7.01. The standard InChI is InChI=1S/C8H12/c1-3-8-5-4-7(2)6-8/h3,6H,4-5H2,1-2H3/b8-3+. The minimum absolute atomic E-state index is 1.27. The van der Waals surface area contributed by atoms with E-state index in [9.17, 15) is 0 Å².